The maximum Gasteiger partial charge on any atom is 0.0555 e. The van der Waals surface area contributed by atoms with Crippen LogP contribution >= 0.6 is 0 Å². The van der Waals surface area contributed by atoms with Crippen LogP contribution in [-0.2, 0) is 7.05 Å². The van der Waals surface area contributed by atoms with Crippen LogP contribution in [0.3, 0.4) is 0 Å². The minimum absolute atomic E-state index is 1.20. The van der Waals surface area contributed by atoms with Gasteiger partial charge in [0.15, 0.2) is 0 Å². The molecule has 0 saturated carbocycles. The summed E-state index contributed by atoms with van der Waals surface area (Å²) in [6.45, 7) is 2.13. The fourth-order valence-corrected chi connectivity index (χ4v) is 4.48. The van der Waals surface area contributed by atoms with Crippen molar-refractivity contribution in [2.24, 2.45) is 7.05 Å². The Morgan fingerprint density at radius 1 is 0.692 bits per heavy atom. The van der Waals surface area contributed by atoms with E-state index in [0.29, 0.717) is 0 Å². The zero-order valence-electron chi connectivity index (χ0n) is 14.8. The van der Waals surface area contributed by atoms with Crippen molar-refractivity contribution < 1.29 is 0 Å². The maximum atomic E-state index is 2.34. The molecule has 2 heteroatoms. The first-order chi connectivity index (χ1) is 12.7. The molecule has 4 aromatic carbocycles. The van der Waals surface area contributed by atoms with Gasteiger partial charge >= 0.3 is 0 Å². The summed E-state index contributed by atoms with van der Waals surface area (Å²) in [5.41, 5.74) is 6.35. The summed E-state index contributed by atoms with van der Waals surface area (Å²) >= 11 is 0. The molecule has 0 saturated heterocycles. The molecule has 0 bridgehead atoms. The van der Waals surface area contributed by atoms with Crippen molar-refractivity contribution in [3.05, 3.63) is 78.5 Å². The van der Waals surface area contributed by atoms with Crippen molar-refractivity contribution in [3.8, 4) is 5.69 Å². The second-order valence-electron chi connectivity index (χ2n) is 7.27. The molecule has 0 aliphatic heterocycles. The van der Waals surface area contributed by atoms with E-state index in [9.17, 15) is 0 Å². The number of hydrogen-bond donors (Lipinski definition) is 0. The lowest BCUT2D eigenvalue weighted by atomic mass is 10.00. The zero-order valence-corrected chi connectivity index (χ0v) is 14.8. The van der Waals surface area contributed by atoms with Crippen LogP contribution in [-0.4, -0.2) is 9.13 Å². The van der Waals surface area contributed by atoms with Crippen LogP contribution in [0.25, 0.3) is 49.2 Å². The highest BCUT2D eigenvalue weighted by Crippen LogP contribution is 2.40. The van der Waals surface area contributed by atoms with Crippen LogP contribution in [0.1, 0.15) is 5.56 Å². The fourth-order valence-electron chi connectivity index (χ4n) is 4.48. The molecule has 2 heterocycles. The second kappa shape index (κ2) is 4.67. The molecule has 0 radical (unpaired) electrons. The normalized spacial score (nSPS) is 12.2. The van der Waals surface area contributed by atoms with Gasteiger partial charge in [0.05, 0.1) is 11.0 Å². The number of fused-ring (bicyclic) bond motifs is 2. The van der Waals surface area contributed by atoms with Crippen molar-refractivity contribution in [1.29, 1.82) is 0 Å². The number of hydrogen-bond acceptors (Lipinski definition) is 0. The Morgan fingerprint density at radius 2 is 1.54 bits per heavy atom. The third kappa shape index (κ3) is 1.62. The van der Waals surface area contributed by atoms with Gasteiger partial charge in [-0.2, -0.15) is 0 Å². The summed E-state index contributed by atoms with van der Waals surface area (Å²) in [4.78, 5) is 0. The molecular formula is C24H18N2. The number of aromatic nitrogens is 2. The van der Waals surface area contributed by atoms with Gasteiger partial charge in [0.2, 0.25) is 0 Å². The molecule has 0 fully saturated rings. The zero-order chi connectivity index (χ0) is 17.4. The van der Waals surface area contributed by atoms with Crippen molar-refractivity contribution in [1.82, 2.24) is 9.13 Å². The molecule has 26 heavy (non-hydrogen) atoms. The topological polar surface area (TPSA) is 9.86 Å². The van der Waals surface area contributed by atoms with Crippen LogP contribution in [0.5, 0.6) is 0 Å². The van der Waals surface area contributed by atoms with Gasteiger partial charge in [0.25, 0.3) is 0 Å². The van der Waals surface area contributed by atoms with Gasteiger partial charge in [-0.05, 0) is 48.0 Å². The van der Waals surface area contributed by atoms with E-state index in [0.717, 1.165) is 0 Å². The summed E-state index contributed by atoms with van der Waals surface area (Å²) in [6.07, 6.45) is 2.19. The van der Waals surface area contributed by atoms with E-state index < -0.39 is 0 Å². The van der Waals surface area contributed by atoms with Crippen LogP contribution < -0.4 is 0 Å². The predicted octanol–water partition coefficient (Wildman–Crippen LogP) is 6.17. The molecule has 6 aromatic rings. The number of rotatable bonds is 1. The van der Waals surface area contributed by atoms with E-state index in [1.807, 2.05) is 0 Å². The molecule has 2 nitrogen and oxygen atoms in total. The third-order valence-electron chi connectivity index (χ3n) is 5.80. The van der Waals surface area contributed by atoms with E-state index in [1.54, 1.807) is 0 Å². The van der Waals surface area contributed by atoms with Crippen molar-refractivity contribution >= 4 is 43.5 Å². The van der Waals surface area contributed by atoms with E-state index in [4.69, 9.17) is 0 Å². The fraction of sp³-hybridized carbons (Fsp3) is 0.0833. The summed E-state index contributed by atoms with van der Waals surface area (Å²) in [7, 11) is 2.18. The third-order valence-corrected chi connectivity index (χ3v) is 5.80. The molecule has 0 aliphatic rings. The first kappa shape index (κ1) is 14.0. The molecule has 2 aromatic heterocycles. The Labute approximate surface area is 151 Å². The molecule has 0 aliphatic carbocycles. The lowest BCUT2D eigenvalue weighted by Gasteiger charge is -2.08. The van der Waals surface area contributed by atoms with Crippen LogP contribution in [0.15, 0.2) is 72.9 Å². The van der Waals surface area contributed by atoms with Crippen LogP contribution in [0.4, 0.5) is 0 Å². The smallest absolute Gasteiger partial charge is 0.0555 e. The van der Waals surface area contributed by atoms with Gasteiger partial charge in [0, 0.05) is 40.6 Å². The highest BCUT2D eigenvalue weighted by molar-refractivity contribution is 6.29. The quantitative estimate of drug-likeness (QED) is 0.318. The van der Waals surface area contributed by atoms with Gasteiger partial charge in [-0.3, -0.25) is 0 Å². The van der Waals surface area contributed by atoms with E-state index >= 15 is 0 Å². The first-order valence-electron chi connectivity index (χ1n) is 9.03. The predicted molar refractivity (Wildman–Crippen MR) is 111 cm³/mol. The summed E-state index contributed by atoms with van der Waals surface area (Å²) in [6, 6.07) is 24.5. The van der Waals surface area contributed by atoms with Crippen LogP contribution in [0.2, 0.25) is 0 Å². The molecule has 0 atom stereocenters. The Morgan fingerprint density at radius 3 is 2.38 bits per heavy atom. The average Bonchev–Trinajstić information content (AvgIpc) is 3.22. The van der Waals surface area contributed by atoms with Crippen molar-refractivity contribution in [2.45, 2.75) is 6.92 Å². The largest absolute Gasteiger partial charge is 0.344 e. The van der Waals surface area contributed by atoms with Gasteiger partial charge in [-0.25, -0.2) is 0 Å². The summed E-state index contributed by atoms with van der Waals surface area (Å²) < 4.78 is 4.63. The minimum Gasteiger partial charge on any atom is -0.344 e. The van der Waals surface area contributed by atoms with E-state index in [1.165, 1.54) is 54.7 Å². The average molecular weight is 334 g/mol. The molecule has 6 rings (SSSR count). The highest BCUT2D eigenvalue weighted by atomic mass is 15.0. The summed E-state index contributed by atoms with van der Waals surface area (Å²) in [5, 5.41) is 6.74. The Kier molecular flexibility index (Phi) is 2.51. The lowest BCUT2D eigenvalue weighted by Crippen LogP contribution is -1.93. The Balaban J connectivity index is 1.81. The minimum atomic E-state index is 1.20. The Hall–Kier alpha value is -3.26. The highest BCUT2D eigenvalue weighted by Gasteiger charge is 2.17. The standard InChI is InChI=1S/C24H18N2/c1-15-6-9-17(10-7-15)26-13-12-18-19-11-8-16-4-3-5-20-23(16)24(19)22(25(20)2)14-21(18)26/h3-14H,1-2H3. The van der Waals surface area contributed by atoms with Crippen molar-refractivity contribution in [2.75, 3.05) is 0 Å². The second-order valence-corrected chi connectivity index (χ2v) is 7.27. The summed E-state index contributed by atoms with van der Waals surface area (Å²) in [5.74, 6) is 0. The molecule has 0 amide bonds. The molecular weight excluding hydrogens is 316 g/mol. The first-order valence-corrected chi connectivity index (χ1v) is 9.03. The van der Waals surface area contributed by atoms with Crippen LogP contribution in [0, 0.1) is 6.92 Å². The SMILES string of the molecule is Cc1ccc(-n2ccc3c4ccc5cccc6c5c4c(cc32)n6C)cc1. The number of nitrogens with zero attached hydrogens (tertiary/aromatic N) is 2. The van der Waals surface area contributed by atoms with Gasteiger partial charge in [0.1, 0.15) is 0 Å². The maximum absolute atomic E-state index is 2.34. The lowest BCUT2D eigenvalue weighted by molar-refractivity contribution is 1.01. The van der Waals surface area contributed by atoms with Gasteiger partial charge in [-0.1, -0.05) is 42.0 Å². The van der Waals surface area contributed by atoms with Crippen molar-refractivity contribution in [3.63, 3.8) is 0 Å². The number of aryl methyl sites for hydroxylation is 2. The molecule has 124 valence electrons. The molecule has 0 N–H and O–H groups in total. The molecule has 0 unspecified atom stereocenters. The number of benzene rings is 4. The van der Waals surface area contributed by atoms with E-state index in [-0.39, 0.29) is 0 Å². The Bertz CT molecular complexity index is 1430. The van der Waals surface area contributed by atoms with E-state index in [2.05, 4.69) is 96.0 Å². The van der Waals surface area contributed by atoms with Gasteiger partial charge in [-0.15, -0.1) is 0 Å². The van der Waals surface area contributed by atoms with Gasteiger partial charge < -0.3 is 9.13 Å². The molecule has 0 spiro atoms. The monoisotopic (exact) mass is 334 g/mol.